The number of nitrogens with zero attached hydrogens (tertiary/aromatic N) is 5. The predicted octanol–water partition coefficient (Wildman–Crippen LogP) is 8.57. The molecule has 0 aliphatic carbocycles. The van der Waals surface area contributed by atoms with E-state index in [9.17, 15) is 9.59 Å². The Morgan fingerprint density at radius 2 is 1.65 bits per heavy atom. The van der Waals surface area contributed by atoms with Crippen LogP contribution in [0.1, 0.15) is 80.7 Å². The van der Waals surface area contributed by atoms with Gasteiger partial charge in [0, 0.05) is 44.4 Å². The highest BCUT2D eigenvalue weighted by Crippen LogP contribution is 2.43. The van der Waals surface area contributed by atoms with Gasteiger partial charge in [-0.1, -0.05) is 53.5 Å². The van der Waals surface area contributed by atoms with Gasteiger partial charge in [-0.3, -0.25) is 14.5 Å². The van der Waals surface area contributed by atoms with E-state index >= 15 is 8.78 Å². The molecule has 1 amide bonds. The maximum atomic E-state index is 17.3. The molecule has 2 aromatic carbocycles. The summed E-state index contributed by atoms with van der Waals surface area (Å²) in [5.41, 5.74) is 3.64. The molecule has 55 heavy (non-hydrogen) atoms. The summed E-state index contributed by atoms with van der Waals surface area (Å²) in [5, 5.41) is 1.33. The van der Waals surface area contributed by atoms with E-state index in [-0.39, 0.29) is 47.3 Å². The van der Waals surface area contributed by atoms with Crippen LogP contribution in [0.5, 0.6) is 5.75 Å². The van der Waals surface area contributed by atoms with E-state index in [0.29, 0.717) is 57.4 Å². The summed E-state index contributed by atoms with van der Waals surface area (Å²) in [6.07, 6.45) is 2.69. The SMILES string of the molecule is COCOc1cc(-c2ncc3c(N4C[C@H]5CC[C@@H](C4)N5C(=O)OC(C)(C)C)nc(=O)n(C)c3c2F)c2c(C#C[Si](C(C)C)(C(C)C)C(C)C)c(F)ccc2c1. The number of hydrogen-bond donors (Lipinski definition) is 0. The summed E-state index contributed by atoms with van der Waals surface area (Å²) in [5.74, 6) is 2.68. The molecule has 0 unspecified atom stereocenters. The Kier molecular flexibility index (Phi) is 11.1. The van der Waals surface area contributed by atoms with E-state index in [1.54, 1.807) is 23.1 Å². The smallest absolute Gasteiger partial charge is 0.410 e. The molecular formula is C42H53F2N5O5Si. The summed E-state index contributed by atoms with van der Waals surface area (Å²) in [6.45, 7) is 19.4. The first-order valence-corrected chi connectivity index (χ1v) is 21.4. The van der Waals surface area contributed by atoms with Gasteiger partial charge in [0.05, 0.1) is 28.6 Å². The molecule has 13 heteroatoms. The number of carbonyl (C=O) groups excluding carboxylic acids is 1. The van der Waals surface area contributed by atoms with Crippen LogP contribution in [0.15, 0.2) is 35.3 Å². The molecule has 0 radical (unpaired) electrons. The number of pyridine rings is 1. The van der Waals surface area contributed by atoms with Crippen molar-refractivity contribution in [2.45, 2.75) is 109 Å². The number of carbonyl (C=O) groups is 1. The van der Waals surface area contributed by atoms with Crippen molar-refractivity contribution in [3.05, 3.63) is 58.1 Å². The van der Waals surface area contributed by atoms with E-state index in [2.05, 4.69) is 63.0 Å². The second-order valence-electron chi connectivity index (χ2n) is 16.8. The molecule has 0 spiro atoms. The van der Waals surface area contributed by atoms with Crippen LogP contribution in [0.25, 0.3) is 32.9 Å². The standard InChI is InChI=1S/C42H53F2N5O5Si/c1-24(2)55(25(3)4,26(5)6)17-16-31-34(43)15-12-27-18-30(53-23-52-11)19-32(35(27)31)37-36(44)38-33(20-45-37)39(46-40(50)47(38)10)48-21-28-13-14-29(22-48)49(28)41(51)54-42(7,8)9/h12,15,18-20,24-26,28-29H,13-14,21-23H2,1-11H3/t28-,29+. The average Bonchev–Trinajstić information content (AvgIpc) is 3.37. The van der Waals surface area contributed by atoms with Crippen molar-refractivity contribution < 1.29 is 27.8 Å². The van der Waals surface area contributed by atoms with Crippen LogP contribution < -0.4 is 15.3 Å². The maximum Gasteiger partial charge on any atom is 0.410 e. The molecule has 2 bridgehead atoms. The van der Waals surface area contributed by atoms with E-state index in [0.717, 1.165) is 12.8 Å². The Balaban J connectivity index is 1.53. The van der Waals surface area contributed by atoms with Crippen LogP contribution >= 0.6 is 0 Å². The number of amides is 1. The van der Waals surface area contributed by atoms with Gasteiger partial charge in [-0.2, -0.15) is 4.98 Å². The first kappa shape index (κ1) is 40.1. The summed E-state index contributed by atoms with van der Waals surface area (Å²) in [7, 11) is 0.677. The quantitative estimate of drug-likeness (QED) is 0.0999. The number of ether oxygens (including phenoxy) is 3. The van der Waals surface area contributed by atoms with Gasteiger partial charge in [0.1, 0.15) is 36.8 Å². The average molecular weight is 774 g/mol. The fraction of sp³-hybridized carbons (Fsp3) is 0.524. The lowest BCUT2D eigenvalue weighted by atomic mass is 9.95. The third kappa shape index (κ3) is 7.31. The molecule has 294 valence electrons. The zero-order chi connectivity index (χ0) is 40.1. The van der Waals surface area contributed by atoms with Gasteiger partial charge in [-0.25, -0.2) is 18.4 Å². The predicted molar refractivity (Wildman–Crippen MR) is 215 cm³/mol. The van der Waals surface area contributed by atoms with Gasteiger partial charge in [-0.15, -0.1) is 5.54 Å². The molecule has 2 aromatic heterocycles. The highest BCUT2D eigenvalue weighted by atomic mass is 28.3. The Morgan fingerprint density at radius 3 is 2.24 bits per heavy atom. The number of aromatic nitrogens is 3. The topological polar surface area (TPSA) is 99.0 Å². The van der Waals surface area contributed by atoms with Crippen LogP contribution in [0.2, 0.25) is 16.6 Å². The molecule has 2 fully saturated rings. The maximum absolute atomic E-state index is 17.3. The number of halogens is 2. The summed E-state index contributed by atoms with van der Waals surface area (Å²) < 4.78 is 51.3. The van der Waals surface area contributed by atoms with Crippen molar-refractivity contribution in [2.24, 2.45) is 7.05 Å². The summed E-state index contributed by atoms with van der Waals surface area (Å²) >= 11 is 0. The number of fused-ring (bicyclic) bond motifs is 4. The van der Waals surface area contributed by atoms with Crippen LogP contribution in [0, 0.1) is 23.1 Å². The fourth-order valence-electron chi connectivity index (χ4n) is 8.94. The summed E-state index contributed by atoms with van der Waals surface area (Å²) in [6, 6.07) is 6.05. The van der Waals surface area contributed by atoms with Crippen molar-refractivity contribution >= 4 is 41.7 Å². The monoisotopic (exact) mass is 773 g/mol. The van der Waals surface area contributed by atoms with Gasteiger partial charge in [0.15, 0.2) is 12.6 Å². The third-order valence-corrected chi connectivity index (χ3v) is 17.6. The Bertz CT molecular complexity index is 2220. The van der Waals surface area contributed by atoms with Gasteiger partial charge in [0.2, 0.25) is 0 Å². The number of methoxy groups -OCH3 is 1. The zero-order valence-electron chi connectivity index (χ0n) is 33.8. The minimum Gasteiger partial charge on any atom is -0.468 e. The van der Waals surface area contributed by atoms with Gasteiger partial charge >= 0.3 is 11.8 Å². The van der Waals surface area contributed by atoms with Crippen LogP contribution in [-0.4, -0.2) is 78.3 Å². The molecule has 2 aliphatic rings. The Hall–Kier alpha value is -4.54. The lowest BCUT2D eigenvalue weighted by Crippen LogP contribution is -2.57. The number of anilines is 1. The lowest BCUT2D eigenvalue weighted by Gasteiger charge is -2.42. The lowest BCUT2D eigenvalue weighted by molar-refractivity contribution is 0.0123. The Morgan fingerprint density at radius 1 is 1.02 bits per heavy atom. The van der Waals surface area contributed by atoms with E-state index < -0.39 is 31.0 Å². The molecule has 2 saturated heterocycles. The highest BCUT2D eigenvalue weighted by Gasteiger charge is 2.45. The molecule has 6 rings (SSSR count). The van der Waals surface area contributed by atoms with Crippen LogP contribution in [0.3, 0.4) is 0 Å². The highest BCUT2D eigenvalue weighted by molar-refractivity contribution is 6.90. The first-order valence-electron chi connectivity index (χ1n) is 19.1. The van der Waals surface area contributed by atoms with Crippen molar-refractivity contribution in [1.82, 2.24) is 19.4 Å². The molecule has 2 aliphatic heterocycles. The molecule has 0 saturated carbocycles. The van der Waals surface area contributed by atoms with E-state index in [1.807, 2.05) is 25.7 Å². The number of piperazine rings is 1. The normalized spacial score (nSPS) is 17.5. The minimum absolute atomic E-state index is 0.00756. The summed E-state index contributed by atoms with van der Waals surface area (Å²) in [4.78, 5) is 39.5. The number of rotatable bonds is 8. The first-order chi connectivity index (χ1) is 25.9. The van der Waals surface area contributed by atoms with Crippen LogP contribution in [-0.2, 0) is 16.5 Å². The van der Waals surface area contributed by atoms with Crippen molar-refractivity contribution in [1.29, 1.82) is 0 Å². The minimum atomic E-state index is -2.29. The molecule has 0 N–H and O–H groups in total. The number of hydrogen-bond acceptors (Lipinski definition) is 8. The molecule has 2 atom stereocenters. The van der Waals surface area contributed by atoms with E-state index in [4.69, 9.17) is 14.2 Å². The third-order valence-electron chi connectivity index (χ3n) is 11.4. The fourth-order valence-corrected chi connectivity index (χ4v) is 14.2. The van der Waals surface area contributed by atoms with Gasteiger partial charge in [-0.05, 0) is 73.8 Å². The van der Waals surface area contributed by atoms with Gasteiger partial charge < -0.3 is 19.1 Å². The molecule has 4 heterocycles. The number of aryl methyl sites for hydroxylation is 1. The second kappa shape index (κ2) is 15.2. The second-order valence-corrected chi connectivity index (χ2v) is 22.4. The van der Waals surface area contributed by atoms with Crippen molar-refractivity contribution in [3.63, 3.8) is 0 Å². The number of benzene rings is 2. The molecule has 4 aromatic rings. The van der Waals surface area contributed by atoms with Crippen LogP contribution in [0.4, 0.5) is 19.4 Å². The molecular weight excluding hydrogens is 721 g/mol. The Labute approximate surface area is 323 Å². The largest absolute Gasteiger partial charge is 0.468 e. The molecule has 10 nitrogen and oxygen atoms in total. The zero-order valence-corrected chi connectivity index (χ0v) is 34.8. The van der Waals surface area contributed by atoms with Crippen molar-refractivity contribution in [2.75, 3.05) is 31.9 Å². The van der Waals surface area contributed by atoms with Gasteiger partial charge in [0.25, 0.3) is 0 Å². The van der Waals surface area contributed by atoms with E-state index in [1.165, 1.54) is 31.0 Å². The van der Waals surface area contributed by atoms with Crippen molar-refractivity contribution in [3.8, 4) is 28.5 Å².